The molecule has 2 nitrogen and oxygen atoms in total. The lowest BCUT2D eigenvalue weighted by molar-refractivity contribution is 0.0737. The second kappa shape index (κ2) is 4.84. The standard InChI is InChI=1S/C18H24BrNO/c1-11-13(6-5-7-14(11)19)15(21)20-16-17(2,3)12-8-9-18(16,4)10-12/h5-7,12,16H,8-10H2,1-4H3,(H,20,21). The molecule has 3 unspecified atom stereocenters. The predicted octanol–water partition coefficient (Wildman–Crippen LogP) is 4.70. The minimum atomic E-state index is 0.0700. The number of halogens is 1. The second-order valence-electron chi connectivity index (χ2n) is 7.73. The van der Waals surface area contributed by atoms with Crippen LogP contribution in [0.1, 0.15) is 56.0 Å². The third kappa shape index (κ3) is 2.25. The first-order valence-electron chi connectivity index (χ1n) is 7.82. The van der Waals surface area contributed by atoms with Crippen LogP contribution in [0, 0.1) is 23.7 Å². The number of hydrogen-bond acceptors (Lipinski definition) is 1. The van der Waals surface area contributed by atoms with E-state index in [9.17, 15) is 4.79 Å². The molecule has 1 aromatic carbocycles. The number of hydrogen-bond donors (Lipinski definition) is 1. The molecule has 2 saturated carbocycles. The summed E-state index contributed by atoms with van der Waals surface area (Å²) in [6.07, 6.45) is 3.80. The number of carbonyl (C=O) groups is 1. The molecule has 1 aromatic rings. The Labute approximate surface area is 135 Å². The van der Waals surface area contributed by atoms with Crippen LogP contribution in [-0.2, 0) is 0 Å². The number of benzene rings is 1. The molecule has 0 saturated heterocycles. The molecule has 21 heavy (non-hydrogen) atoms. The molecule has 3 heteroatoms. The van der Waals surface area contributed by atoms with Crippen LogP contribution >= 0.6 is 15.9 Å². The first-order chi connectivity index (χ1) is 9.75. The van der Waals surface area contributed by atoms with Gasteiger partial charge in [-0.15, -0.1) is 0 Å². The van der Waals surface area contributed by atoms with Gasteiger partial charge in [-0.3, -0.25) is 4.79 Å². The Balaban J connectivity index is 1.87. The van der Waals surface area contributed by atoms with Gasteiger partial charge in [-0.05, 0) is 60.6 Å². The highest BCUT2D eigenvalue weighted by atomic mass is 79.9. The molecule has 2 fully saturated rings. The molecule has 0 spiro atoms. The topological polar surface area (TPSA) is 29.1 Å². The Hall–Kier alpha value is -0.830. The SMILES string of the molecule is Cc1c(Br)cccc1C(=O)NC1C2(C)CCC(C2)C1(C)C. The molecule has 1 N–H and O–H groups in total. The molecule has 2 aliphatic rings. The molecule has 3 atom stereocenters. The second-order valence-corrected chi connectivity index (χ2v) is 8.59. The Morgan fingerprint density at radius 1 is 1.33 bits per heavy atom. The maximum atomic E-state index is 12.7. The Kier molecular flexibility index (Phi) is 3.47. The smallest absolute Gasteiger partial charge is 0.251 e. The predicted molar refractivity (Wildman–Crippen MR) is 89.4 cm³/mol. The van der Waals surface area contributed by atoms with Crippen molar-refractivity contribution in [3.63, 3.8) is 0 Å². The van der Waals surface area contributed by atoms with Crippen LogP contribution in [0.2, 0.25) is 0 Å². The van der Waals surface area contributed by atoms with Crippen LogP contribution in [0.4, 0.5) is 0 Å². The summed E-state index contributed by atoms with van der Waals surface area (Å²) in [5, 5.41) is 3.37. The molecule has 3 rings (SSSR count). The summed E-state index contributed by atoms with van der Waals surface area (Å²) < 4.78 is 0.994. The van der Waals surface area contributed by atoms with Crippen molar-refractivity contribution in [3.05, 3.63) is 33.8 Å². The van der Waals surface area contributed by atoms with Gasteiger partial charge in [-0.2, -0.15) is 0 Å². The average molecular weight is 350 g/mol. The minimum absolute atomic E-state index is 0.0700. The number of carbonyl (C=O) groups excluding carboxylic acids is 1. The van der Waals surface area contributed by atoms with Crippen molar-refractivity contribution in [1.29, 1.82) is 0 Å². The maximum Gasteiger partial charge on any atom is 0.251 e. The molecule has 0 radical (unpaired) electrons. The molecule has 2 bridgehead atoms. The number of fused-ring (bicyclic) bond motifs is 2. The Morgan fingerprint density at radius 3 is 2.67 bits per heavy atom. The van der Waals surface area contributed by atoms with Crippen LogP contribution in [0.3, 0.4) is 0 Å². The third-order valence-electron chi connectivity index (χ3n) is 6.06. The summed E-state index contributed by atoms with van der Waals surface area (Å²) in [5.41, 5.74) is 2.26. The van der Waals surface area contributed by atoms with Crippen molar-refractivity contribution < 1.29 is 4.79 Å². The highest BCUT2D eigenvalue weighted by Crippen LogP contribution is 2.62. The molecule has 0 heterocycles. The quantitative estimate of drug-likeness (QED) is 0.823. The summed E-state index contributed by atoms with van der Waals surface area (Å²) >= 11 is 3.51. The number of rotatable bonds is 2. The van der Waals surface area contributed by atoms with Gasteiger partial charge in [0.15, 0.2) is 0 Å². The Bertz CT molecular complexity index is 590. The zero-order valence-corrected chi connectivity index (χ0v) is 14.9. The lowest BCUT2D eigenvalue weighted by Crippen LogP contribution is -2.52. The summed E-state index contributed by atoms with van der Waals surface area (Å²) in [6.45, 7) is 8.98. The van der Waals surface area contributed by atoms with Crippen LogP contribution < -0.4 is 5.32 Å². The zero-order valence-electron chi connectivity index (χ0n) is 13.3. The van der Waals surface area contributed by atoms with E-state index in [2.05, 4.69) is 42.0 Å². The van der Waals surface area contributed by atoms with Gasteiger partial charge in [0.25, 0.3) is 5.91 Å². The van der Waals surface area contributed by atoms with Crippen molar-refractivity contribution >= 4 is 21.8 Å². The minimum Gasteiger partial charge on any atom is -0.348 e. The van der Waals surface area contributed by atoms with E-state index in [4.69, 9.17) is 0 Å². The largest absolute Gasteiger partial charge is 0.348 e. The lowest BCUT2D eigenvalue weighted by atomic mass is 9.68. The van der Waals surface area contributed by atoms with E-state index in [0.29, 0.717) is 0 Å². The summed E-state index contributed by atoms with van der Waals surface area (Å²) in [4.78, 5) is 12.7. The maximum absolute atomic E-state index is 12.7. The average Bonchev–Trinajstić information content (AvgIpc) is 2.89. The first kappa shape index (κ1) is 15.1. The molecule has 2 aliphatic carbocycles. The monoisotopic (exact) mass is 349 g/mol. The van der Waals surface area contributed by atoms with Gasteiger partial charge in [0.2, 0.25) is 0 Å². The first-order valence-corrected chi connectivity index (χ1v) is 8.61. The fraction of sp³-hybridized carbons (Fsp3) is 0.611. The van der Waals surface area contributed by atoms with E-state index < -0.39 is 0 Å². The lowest BCUT2D eigenvalue weighted by Gasteiger charge is -2.43. The third-order valence-corrected chi connectivity index (χ3v) is 6.92. The van der Waals surface area contributed by atoms with E-state index in [-0.39, 0.29) is 22.8 Å². The zero-order chi connectivity index (χ0) is 15.4. The molecule has 0 aliphatic heterocycles. The van der Waals surface area contributed by atoms with Crippen LogP contribution in [-0.4, -0.2) is 11.9 Å². The summed E-state index contributed by atoms with van der Waals surface area (Å²) in [6, 6.07) is 6.10. The van der Waals surface area contributed by atoms with E-state index in [1.165, 1.54) is 19.3 Å². The van der Waals surface area contributed by atoms with E-state index in [1.807, 2.05) is 25.1 Å². The van der Waals surface area contributed by atoms with Gasteiger partial charge in [0.1, 0.15) is 0 Å². The highest BCUT2D eigenvalue weighted by Gasteiger charge is 2.59. The molecule has 1 amide bonds. The van der Waals surface area contributed by atoms with Crippen LogP contribution in [0.25, 0.3) is 0 Å². The molecule has 0 aromatic heterocycles. The molecular weight excluding hydrogens is 326 g/mol. The van der Waals surface area contributed by atoms with Gasteiger partial charge < -0.3 is 5.32 Å². The van der Waals surface area contributed by atoms with Crippen molar-refractivity contribution in [2.75, 3.05) is 0 Å². The Morgan fingerprint density at radius 2 is 2.05 bits per heavy atom. The van der Waals surface area contributed by atoms with Crippen molar-refractivity contribution in [2.45, 2.75) is 53.0 Å². The van der Waals surface area contributed by atoms with Gasteiger partial charge in [0, 0.05) is 16.1 Å². The fourth-order valence-corrected chi connectivity index (χ4v) is 5.09. The van der Waals surface area contributed by atoms with Gasteiger partial charge >= 0.3 is 0 Å². The van der Waals surface area contributed by atoms with Gasteiger partial charge in [-0.1, -0.05) is 42.8 Å². The fourth-order valence-electron chi connectivity index (χ4n) is 4.72. The van der Waals surface area contributed by atoms with Crippen molar-refractivity contribution in [3.8, 4) is 0 Å². The molecular formula is C18H24BrNO. The van der Waals surface area contributed by atoms with Crippen LogP contribution in [0.5, 0.6) is 0 Å². The van der Waals surface area contributed by atoms with Gasteiger partial charge in [-0.25, -0.2) is 0 Å². The summed E-state index contributed by atoms with van der Waals surface area (Å²) in [5.74, 6) is 0.817. The van der Waals surface area contributed by atoms with E-state index in [1.54, 1.807) is 0 Å². The highest BCUT2D eigenvalue weighted by molar-refractivity contribution is 9.10. The van der Waals surface area contributed by atoms with Crippen molar-refractivity contribution in [1.82, 2.24) is 5.32 Å². The number of amides is 1. The van der Waals surface area contributed by atoms with Gasteiger partial charge in [0.05, 0.1) is 0 Å². The van der Waals surface area contributed by atoms with E-state index in [0.717, 1.165) is 21.5 Å². The summed E-state index contributed by atoms with van der Waals surface area (Å²) in [7, 11) is 0. The molecule has 114 valence electrons. The van der Waals surface area contributed by atoms with Crippen molar-refractivity contribution in [2.24, 2.45) is 16.7 Å². The van der Waals surface area contributed by atoms with Crippen LogP contribution in [0.15, 0.2) is 22.7 Å². The number of nitrogens with one attached hydrogen (secondary N) is 1. The normalized spacial score (nSPS) is 33.2. The van der Waals surface area contributed by atoms with E-state index >= 15 is 0 Å².